The van der Waals surface area contributed by atoms with Crippen molar-refractivity contribution in [1.29, 1.82) is 0 Å². The molecule has 0 aromatic carbocycles. The van der Waals surface area contributed by atoms with Crippen molar-refractivity contribution in [1.82, 2.24) is 5.32 Å². The van der Waals surface area contributed by atoms with E-state index in [-0.39, 0.29) is 6.04 Å². The topological polar surface area (TPSA) is 46.2 Å². The van der Waals surface area contributed by atoms with Crippen LogP contribution in [0.25, 0.3) is 0 Å². The van der Waals surface area contributed by atoms with E-state index in [0.717, 1.165) is 31.2 Å². The Morgan fingerprint density at radius 3 is 2.50 bits per heavy atom. The van der Waals surface area contributed by atoms with Crippen molar-refractivity contribution in [2.75, 3.05) is 18.1 Å². The zero-order chi connectivity index (χ0) is 13.0. The van der Waals surface area contributed by atoms with Crippen LogP contribution in [0.3, 0.4) is 0 Å². The van der Waals surface area contributed by atoms with Gasteiger partial charge in [-0.1, -0.05) is 32.6 Å². The van der Waals surface area contributed by atoms with Gasteiger partial charge in [0.25, 0.3) is 0 Å². The first kappa shape index (κ1) is 14.3. The summed E-state index contributed by atoms with van der Waals surface area (Å²) in [5, 5.41) is 3.46. The van der Waals surface area contributed by atoms with Gasteiger partial charge < -0.3 is 5.32 Å². The summed E-state index contributed by atoms with van der Waals surface area (Å²) in [6.07, 6.45) is 8.58. The minimum Gasteiger partial charge on any atom is -0.313 e. The lowest BCUT2D eigenvalue weighted by atomic mass is 9.81. The highest BCUT2D eigenvalue weighted by Crippen LogP contribution is 2.30. The molecule has 18 heavy (non-hydrogen) atoms. The van der Waals surface area contributed by atoms with Crippen molar-refractivity contribution in [2.24, 2.45) is 11.8 Å². The van der Waals surface area contributed by atoms with Crippen molar-refractivity contribution in [2.45, 2.75) is 57.9 Å². The highest BCUT2D eigenvalue weighted by Gasteiger charge is 2.24. The molecule has 0 spiro atoms. The summed E-state index contributed by atoms with van der Waals surface area (Å²) >= 11 is 0. The molecule has 106 valence electrons. The van der Waals surface area contributed by atoms with E-state index in [1.54, 1.807) is 0 Å². The van der Waals surface area contributed by atoms with Crippen LogP contribution < -0.4 is 5.32 Å². The molecule has 4 heteroatoms. The molecular weight excluding hydrogens is 246 g/mol. The maximum Gasteiger partial charge on any atom is 0.151 e. The molecule has 1 N–H and O–H groups in total. The fourth-order valence-electron chi connectivity index (χ4n) is 3.29. The molecule has 1 atom stereocenters. The summed E-state index contributed by atoms with van der Waals surface area (Å²) in [6.45, 7) is 3.35. The third kappa shape index (κ3) is 4.54. The lowest BCUT2D eigenvalue weighted by Crippen LogP contribution is -2.41. The molecule has 1 saturated heterocycles. The molecule has 3 nitrogen and oxygen atoms in total. The van der Waals surface area contributed by atoms with Crippen molar-refractivity contribution in [3.05, 3.63) is 0 Å². The summed E-state index contributed by atoms with van der Waals surface area (Å²) in [4.78, 5) is 0. The first-order valence-electron chi connectivity index (χ1n) is 7.49. The van der Waals surface area contributed by atoms with Gasteiger partial charge in [0.2, 0.25) is 0 Å². The van der Waals surface area contributed by atoms with Gasteiger partial charge in [-0.05, 0) is 37.6 Å². The monoisotopic (exact) mass is 273 g/mol. The van der Waals surface area contributed by atoms with Crippen molar-refractivity contribution >= 4 is 9.84 Å². The van der Waals surface area contributed by atoms with Crippen LogP contribution in [-0.2, 0) is 9.84 Å². The van der Waals surface area contributed by atoms with Gasteiger partial charge in [-0.2, -0.15) is 0 Å². The number of nitrogens with one attached hydrogen (secondary N) is 1. The fourth-order valence-corrected chi connectivity index (χ4v) is 4.96. The summed E-state index contributed by atoms with van der Waals surface area (Å²) in [5.74, 6) is 2.53. The smallest absolute Gasteiger partial charge is 0.151 e. The minimum atomic E-state index is -2.76. The fraction of sp³-hybridized carbons (Fsp3) is 1.00. The first-order valence-corrected chi connectivity index (χ1v) is 9.31. The molecule has 2 fully saturated rings. The first-order chi connectivity index (χ1) is 8.55. The Bertz CT molecular complexity index is 345. The van der Waals surface area contributed by atoms with Gasteiger partial charge in [0.1, 0.15) is 0 Å². The van der Waals surface area contributed by atoms with Crippen LogP contribution in [0, 0.1) is 11.8 Å². The quantitative estimate of drug-likeness (QED) is 0.855. The third-order valence-corrected chi connectivity index (χ3v) is 6.40. The second-order valence-corrected chi connectivity index (χ2v) is 8.55. The Kier molecular flexibility index (Phi) is 5.07. The van der Waals surface area contributed by atoms with E-state index in [1.165, 1.54) is 32.1 Å². The SMILES string of the molecule is CC1CCC(CCNC2CCCS(=O)(=O)C2)CC1. The number of rotatable bonds is 4. The predicted octanol–water partition coefficient (Wildman–Crippen LogP) is 2.37. The van der Waals surface area contributed by atoms with Crippen LogP contribution in [0.1, 0.15) is 51.9 Å². The molecule has 2 aliphatic rings. The molecule has 1 saturated carbocycles. The maximum absolute atomic E-state index is 11.5. The zero-order valence-corrected chi connectivity index (χ0v) is 12.3. The molecule has 0 aromatic rings. The average Bonchev–Trinajstić information content (AvgIpc) is 2.30. The lowest BCUT2D eigenvalue weighted by Gasteiger charge is -2.28. The van der Waals surface area contributed by atoms with Gasteiger partial charge in [-0.25, -0.2) is 8.42 Å². The highest BCUT2D eigenvalue weighted by atomic mass is 32.2. The zero-order valence-electron chi connectivity index (χ0n) is 11.5. The van der Waals surface area contributed by atoms with Gasteiger partial charge in [-0.15, -0.1) is 0 Å². The second kappa shape index (κ2) is 6.38. The number of hydrogen-bond donors (Lipinski definition) is 1. The van der Waals surface area contributed by atoms with Gasteiger partial charge in [0.05, 0.1) is 11.5 Å². The van der Waals surface area contributed by atoms with Gasteiger partial charge >= 0.3 is 0 Å². The van der Waals surface area contributed by atoms with Crippen LogP contribution >= 0.6 is 0 Å². The van der Waals surface area contributed by atoms with Gasteiger partial charge in [0, 0.05) is 6.04 Å². The van der Waals surface area contributed by atoms with Gasteiger partial charge in [-0.3, -0.25) is 0 Å². The number of sulfone groups is 1. The largest absolute Gasteiger partial charge is 0.313 e. The highest BCUT2D eigenvalue weighted by molar-refractivity contribution is 7.91. The molecule has 0 aromatic heterocycles. The molecule has 0 radical (unpaired) electrons. The van der Waals surface area contributed by atoms with Crippen LogP contribution in [0.15, 0.2) is 0 Å². The van der Waals surface area contributed by atoms with Crippen LogP contribution in [0.2, 0.25) is 0 Å². The maximum atomic E-state index is 11.5. The standard InChI is InChI=1S/C14H27NO2S/c1-12-4-6-13(7-5-12)8-9-15-14-3-2-10-18(16,17)11-14/h12-15H,2-11H2,1H3. The normalized spacial score (nSPS) is 36.4. The molecule has 1 heterocycles. The summed E-state index contributed by atoms with van der Waals surface area (Å²) in [6, 6.07) is 0.214. The third-order valence-electron chi connectivity index (χ3n) is 4.58. The van der Waals surface area contributed by atoms with E-state index in [1.807, 2.05) is 0 Å². The van der Waals surface area contributed by atoms with E-state index < -0.39 is 9.84 Å². The van der Waals surface area contributed by atoms with E-state index in [2.05, 4.69) is 12.2 Å². The Morgan fingerprint density at radius 1 is 1.11 bits per heavy atom. The van der Waals surface area contributed by atoms with Crippen molar-refractivity contribution in [3.63, 3.8) is 0 Å². The van der Waals surface area contributed by atoms with Crippen molar-refractivity contribution in [3.8, 4) is 0 Å². The van der Waals surface area contributed by atoms with Crippen LogP contribution in [0.4, 0.5) is 0 Å². The molecule has 1 unspecified atom stereocenters. The Labute approximate surface area is 112 Å². The summed E-state index contributed by atoms with van der Waals surface area (Å²) < 4.78 is 23.0. The minimum absolute atomic E-state index is 0.214. The Balaban J connectivity index is 1.63. The van der Waals surface area contributed by atoms with E-state index in [9.17, 15) is 8.42 Å². The molecule has 1 aliphatic carbocycles. The number of hydrogen-bond acceptors (Lipinski definition) is 3. The molecule has 0 bridgehead atoms. The Hall–Kier alpha value is -0.0900. The van der Waals surface area contributed by atoms with E-state index in [4.69, 9.17) is 0 Å². The van der Waals surface area contributed by atoms with E-state index in [0.29, 0.717) is 11.5 Å². The lowest BCUT2D eigenvalue weighted by molar-refractivity contribution is 0.272. The molecule has 0 amide bonds. The molecule has 2 rings (SSSR count). The van der Waals surface area contributed by atoms with Crippen LogP contribution in [-0.4, -0.2) is 32.5 Å². The van der Waals surface area contributed by atoms with Crippen molar-refractivity contribution < 1.29 is 8.42 Å². The average molecular weight is 273 g/mol. The Morgan fingerprint density at radius 2 is 1.83 bits per heavy atom. The molecule has 1 aliphatic heterocycles. The van der Waals surface area contributed by atoms with Gasteiger partial charge in [0.15, 0.2) is 9.84 Å². The predicted molar refractivity (Wildman–Crippen MR) is 75.4 cm³/mol. The molecular formula is C14H27NO2S. The summed E-state index contributed by atoms with van der Waals surface area (Å²) in [7, 11) is -2.76. The summed E-state index contributed by atoms with van der Waals surface area (Å²) in [5.41, 5.74) is 0. The van der Waals surface area contributed by atoms with Crippen LogP contribution in [0.5, 0.6) is 0 Å². The second-order valence-electron chi connectivity index (χ2n) is 6.32. The van der Waals surface area contributed by atoms with E-state index >= 15 is 0 Å².